The number of rotatable bonds is 7. The second kappa shape index (κ2) is 7.77. The topological polar surface area (TPSA) is 109 Å². The third kappa shape index (κ3) is 4.44. The molecule has 9 nitrogen and oxygen atoms in total. The number of hydrogen-bond donors (Lipinski definition) is 1. The van der Waals surface area contributed by atoms with Crippen molar-refractivity contribution < 1.29 is 33.1 Å². The molecule has 9 heteroatoms. The minimum absolute atomic E-state index is 0.180. The molecule has 0 saturated carbocycles. The lowest BCUT2D eigenvalue weighted by Crippen LogP contribution is -2.36. The highest BCUT2D eigenvalue weighted by molar-refractivity contribution is 5.83. The van der Waals surface area contributed by atoms with Crippen LogP contribution in [0.1, 0.15) is 18.2 Å². The monoisotopic (exact) mass is 362 g/mol. The van der Waals surface area contributed by atoms with Crippen LogP contribution in [0.3, 0.4) is 0 Å². The zero-order valence-corrected chi connectivity index (χ0v) is 14.3. The fourth-order valence-corrected chi connectivity index (χ4v) is 2.21. The molecule has 1 aliphatic heterocycles. The molecule has 0 saturated heterocycles. The highest BCUT2D eigenvalue weighted by Crippen LogP contribution is 2.32. The fourth-order valence-electron chi connectivity index (χ4n) is 2.21. The van der Waals surface area contributed by atoms with Crippen LogP contribution in [0.5, 0.6) is 17.4 Å². The number of nitrogens with zero attached hydrogens (tertiary/aromatic N) is 1. The highest BCUT2D eigenvalue weighted by Gasteiger charge is 2.19. The Morgan fingerprint density at radius 3 is 2.85 bits per heavy atom. The standard InChI is InChI=1S/C17H18N2O7/c1-10-5-15(19-26-10)22-8-16(20)25-11(2)17(21)18-7-12-3-4-13-14(6-12)24-9-23-13/h3-6,11H,7-9H2,1-2H3,(H,18,21)/t11-/m0/s1. The van der Waals surface area contributed by atoms with Crippen LogP contribution in [0.2, 0.25) is 0 Å². The van der Waals surface area contributed by atoms with Gasteiger partial charge >= 0.3 is 5.97 Å². The van der Waals surface area contributed by atoms with E-state index < -0.39 is 18.0 Å². The number of benzene rings is 1. The number of aryl methyl sites for hydroxylation is 1. The first-order valence-electron chi connectivity index (χ1n) is 7.93. The van der Waals surface area contributed by atoms with Gasteiger partial charge in [0.25, 0.3) is 11.8 Å². The number of esters is 1. The largest absolute Gasteiger partial charge is 0.463 e. The van der Waals surface area contributed by atoms with E-state index in [0.29, 0.717) is 17.3 Å². The number of fused-ring (bicyclic) bond motifs is 1. The Bertz CT molecular complexity index is 802. The van der Waals surface area contributed by atoms with Crippen LogP contribution in [0.4, 0.5) is 0 Å². The SMILES string of the molecule is Cc1cc(OCC(=O)O[C@@H](C)C(=O)NCc2ccc3c(c2)OCO3)no1. The third-order valence-corrected chi connectivity index (χ3v) is 3.53. The summed E-state index contributed by atoms with van der Waals surface area (Å²) in [4.78, 5) is 23.8. The fraction of sp³-hybridized carbons (Fsp3) is 0.353. The summed E-state index contributed by atoms with van der Waals surface area (Å²) in [5.74, 6) is 0.940. The molecular formula is C17H18N2O7. The molecule has 3 rings (SSSR count). The summed E-state index contributed by atoms with van der Waals surface area (Å²) in [7, 11) is 0. The molecule has 1 aromatic heterocycles. The summed E-state index contributed by atoms with van der Waals surface area (Å²) in [6.07, 6.45) is -0.959. The van der Waals surface area contributed by atoms with Crippen molar-refractivity contribution in [2.45, 2.75) is 26.5 Å². The van der Waals surface area contributed by atoms with E-state index in [1.807, 2.05) is 6.07 Å². The van der Waals surface area contributed by atoms with Gasteiger partial charge in [-0.25, -0.2) is 4.79 Å². The molecule has 1 amide bonds. The smallest absolute Gasteiger partial charge is 0.345 e. The summed E-state index contributed by atoms with van der Waals surface area (Å²) in [5, 5.41) is 6.28. The van der Waals surface area contributed by atoms with Gasteiger partial charge < -0.3 is 28.8 Å². The van der Waals surface area contributed by atoms with E-state index in [4.69, 9.17) is 23.5 Å². The van der Waals surface area contributed by atoms with Gasteiger partial charge in [0.15, 0.2) is 24.2 Å². The molecule has 0 fully saturated rings. The molecule has 0 bridgehead atoms. The Morgan fingerprint density at radius 2 is 2.08 bits per heavy atom. The van der Waals surface area contributed by atoms with Crippen LogP contribution >= 0.6 is 0 Å². The van der Waals surface area contributed by atoms with Crippen molar-refractivity contribution in [3.8, 4) is 17.4 Å². The summed E-state index contributed by atoms with van der Waals surface area (Å²) < 4.78 is 25.4. The molecule has 2 aromatic rings. The maximum Gasteiger partial charge on any atom is 0.345 e. The molecule has 138 valence electrons. The van der Waals surface area contributed by atoms with Crippen molar-refractivity contribution in [3.63, 3.8) is 0 Å². The summed E-state index contributed by atoms with van der Waals surface area (Å²) in [6, 6.07) is 6.91. The number of aromatic nitrogens is 1. The first-order valence-corrected chi connectivity index (χ1v) is 7.93. The molecule has 0 unspecified atom stereocenters. The molecule has 1 aliphatic rings. The second-order valence-electron chi connectivity index (χ2n) is 5.60. The summed E-state index contributed by atoms with van der Waals surface area (Å²) >= 11 is 0. The quantitative estimate of drug-likeness (QED) is 0.735. The lowest BCUT2D eigenvalue weighted by molar-refractivity contribution is -0.156. The first kappa shape index (κ1) is 17.6. The molecule has 1 N–H and O–H groups in total. The minimum atomic E-state index is -0.959. The third-order valence-electron chi connectivity index (χ3n) is 3.53. The molecular weight excluding hydrogens is 344 g/mol. The van der Waals surface area contributed by atoms with Crippen LogP contribution < -0.4 is 19.5 Å². The van der Waals surface area contributed by atoms with Crippen molar-refractivity contribution in [1.82, 2.24) is 10.5 Å². The van der Waals surface area contributed by atoms with E-state index in [2.05, 4.69) is 10.5 Å². The predicted octanol–water partition coefficient (Wildman–Crippen LogP) is 1.34. The molecule has 2 heterocycles. The van der Waals surface area contributed by atoms with E-state index in [0.717, 1.165) is 5.56 Å². The molecule has 26 heavy (non-hydrogen) atoms. The average Bonchev–Trinajstić information content (AvgIpc) is 3.25. The number of hydrogen-bond acceptors (Lipinski definition) is 8. The van der Waals surface area contributed by atoms with Crippen molar-refractivity contribution in [1.29, 1.82) is 0 Å². The zero-order chi connectivity index (χ0) is 18.5. The van der Waals surface area contributed by atoms with Gasteiger partial charge in [0, 0.05) is 12.6 Å². The van der Waals surface area contributed by atoms with Gasteiger partial charge in [-0.3, -0.25) is 4.79 Å². The van der Waals surface area contributed by atoms with Crippen molar-refractivity contribution in [2.75, 3.05) is 13.4 Å². The number of nitrogens with one attached hydrogen (secondary N) is 1. The number of carbonyl (C=O) groups is 2. The Labute approximate surface area is 149 Å². The van der Waals surface area contributed by atoms with E-state index >= 15 is 0 Å². The van der Waals surface area contributed by atoms with Gasteiger partial charge in [0.05, 0.1) is 0 Å². The lowest BCUT2D eigenvalue weighted by atomic mass is 10.2. The Morgan fingerprint density at radius 1 is 1.27 bits per heavy atom. The number of carbonyl (C=O) groups excluding carboxylic acids is 2. The highest BCUT2D eigenvalue weighted by atomic mass is 16.7. The Balaban J connectivity index is 1.41. The van der Waals surface area contributed by atoms with E-state index in [1.54, 1.807) is 19.1 Å². The summed E-state index contributed by atoms with van der Waals surface area (Å²) in [6.45, 7) is 3.27. The van der Waals surface area contributed by atoms with Crippen LogP contribution in [-0.2, 0) is 20.9 Å². The lowest BCUT2D eigenvalue weighted by Gasteiger charge is -2.13. The normalized spacial score (nSPS) is 13.2. The Hall–Kier alpha value is -3.23. The molecule has 1 atom stereocenters. The van der Waals surface area contributed by atoms with Crippen molar-refractivity contribution in [2.24, 2.45) is 0 Å². The van der Waals surface area contributed by atoms with Crippen LogP contribution in [0.25, 0.3) is 0 Å². The van der Waals surface area contributed by atoms with Crippen molar-refractivity contribution in [3.05, 3.63) is 35.6 Å². The maximum atomic E-state index is 12.1. The zero-order valence-electron chi connectivity index (χ0n) is 14.3. The average molecular weight is 362 g/mol. The molecule has 1 aromatic carbocycles. The van der Waals surface area contributed by atoms with Crippen LogP contribution in [0.15, 0.2) is 28.8 Å². The molecule has 0 spiro atoms. The Kier molecular flexibility index (Phi) is 5.26. The predicted molar refractivity (Wildman–Crippen MR) is 86.7 cm³/mol. The van der Waals surface area contributed by atoms with Gasteiger partial charge in [0.1, 0.15) is 5.76 Å². The van der Waals surface area contributed by atoms with Gasteiger partial charge in [-0.1, -0.05) is 6.07 Å². The van der Waals surface area contributed by atoms with Crippen molar-refractivity contribution >= 4 is 11.9 Å². The van der Waals surface area contributed by atoms with Crippen LogP contribution in [0, 0.1) is 6.92 Å². The first-order chi connectivity index (χ1) is 12.5. The number of ether oxygens (including phenoxy) is 4. The molecule has 0 aliphatic carbocycles. The van der Waals surface area contributed by atoms with Gasteiger partial charge in [-0.15, -0.1) is 0 Å². The van der Waals surface area contributed by atoms with Gasteiger partial charge in [0.2, 0.25) is 6.79 Å². The molecule has 0 radical (unpaired) electrons. The van der Waals surface area contributed by atoms with Gasteiger partial charge in [-0.05, 0) is 36.7 Å². The van der Waals surface area contributed by atoms with Gasteiger partial charge in [-0.2, -0.15) is 0 Å². The maximum absolute atomic E-state index is 12.1. The minimum Gasteiger partial charge on any atom is -0.463 e. The van der Waals surface area contributed by atoms with E-state index in [1.165, 1.54) is 13.0 Å². The summed E-state index contributed by atoms with van der Waals surface area (Å²) in [5.41, 5.74) is 0.839. The second-order valence-corrected chi connectivity index (χ2v) is 5.60. The van der Waals surface area contributed by atoms with E-state index in [-0.39, 0.29) is 25.8 Å². The van der Waals surface area contributed by atoms with E-state index in [9.17, 15) is 9.59 Å². The van der Waals surface area contributed by atoms with Crippen LogP contribution in [-0.4, -0.2) is 36.5 Å². The number of amides is 1.